The molecule has 0 unspecified atom stereocenters. The van der Waals surface area contributed by atoms with Crippen LogP contribution < -0.4 is 10.6 Å². The molecule has 1 fully saturated rings. The van der Waals surface area contributed by atoms with Crippen molar-refractivity contribution in [2.24, 2.45) is 0 Å². The summed E-state index contributed by atoms with van der Waals surface area (Å²) >= 11 is 0. The van der Waals surface area contributed by atoms with Crippen molar-refractivity contribution in [2.45, 2.75) is 77.2 Å². The first kappa shape index (κ1) is 15.0. The molecule has 0 atom stereocenters. The van der Waals surface area contributed by atoms with Crippen LogP contribution in [-0.4, -0.2) is 25.7 Å². The van der Waals surface area contributed by atoms with Crippen LogP contribution in [0.2, 0.25) is 0 Å². The van der Waals surface area contributed by atoms with Crippen molar-refractivity contribution in [2.75, 3.05) is 19.6 Å². The third kappa shape index (κ3) is 8.62. The second kappa shape index (κ2) is 11.0. The average Bonchev–Trinajstić information content (AvgIpc) is 2.38. The molecular weight excluding hydrogens is 208 g/mol. The van der Waals surface area contributed by atoms with Crippen LogP contribution in [0.25, 0.3) is 0 Å². The van der Waals surface area contributed by atoms with Crippen LogP contribution in [0.4, 0.5) is 0 Å². The summed E-state index contributed by atoms with van der Waals surface area (Å²) in [4.78, 5) is 0. The van der Waals surface area contributed by atoms with Crippen molar-refractivity contribution in [3.05, 3.63) is 0 Å². The Morgan fingerprint density at radius 1 is 0.882 bits per heavy atom. The Morgan fingerprint density at radius 3 is 2.12 bits per heavy atom. The predicted octanol–water partition coefficient (Wildman–Crippen LogP) is 3.47. The van der Waals surface area contributed by atoms with Crippen LogP contribution in [0.1, 0.15) is 71.1 Å². The minimum Gasteiger partial charge on any atom is -0.317 e. The number of hydrogen-bond acceptors (Lipinski definition) is 2. The average molecular weight is 240 g/mol. The van der Waals surface area contributed by atoms with Gasteiger partial charge >= 0.3 is 0 Å². The van der Waals surface area contributed by atoms with Gasteiger partial charge in [-0.15, -0.1) is 0 Å². The minimum atomic E-state index is 0.792. The summed E-state index contributed by atoms with van der Waals surface area (Å²) in [6.07, 6.45) is 14.0. The van der Waals surface area contributed by atoms with Crippen molar-refractivity contribution >= 4 is 0 Å². The highest BCUT2D eigenvalue weighted by molar-refractivity contribution is 4.73. The first-order valence-corrected chi connectivity index (χ1v) is 7.87. The Bertz CT molecular complexity index is 153. The van der Waals surface area contributed by atoms with Crippen LogP contribution in [0.15, 0.2) is 0 Å². The van der Waals surface area contributed by atoms with Gasteiger partial charge in [0.2, 0.25) is 0 Å². The van der Waals surface area contributed by atoms with E-state index in [1.165, 1.54) is 83.8 Å². The fourth-order valence-electron chi connectivity index (χ4n) is 2.59. The van der Waals surface area contributed by atoms with Gasteiger partial charge in [-0.05, 0) is 38.9 Å². The Kier molecular flexibility index (Phi) is 9.72. The smallest absolute Gasteiger partial charge is 0.00912 e. The zero-order valence-corrected chi connectivity index (χ0v) is 11.8. The molecule has 2 heteroatoms. The Morgan fingerprint density at radius 2 is 1.47 bits per heavy atom. The number of unbranched alkanes of at least 4 members (excludes halogenated alkanes) is 7. The molecule has 0 aliphatic carbocycles. The van der Waals surface area contributed by atoms with E-state index in [9.17, 15) is 0 Å². The highest BCUT2D eigenvalue weighted by atomic mass is 15.0. The molecule has 0 aromatic heterocycles. The van der Waals surface area contributed by atoms with E-state index in [-0.39, 0.29) is 0 Å². The Hall–Kier alpha value is -0.0800. The summed E-state index contributed by atoms with van der Waals surface area (Å²) in [6.45, 7) is 5.93. The standard InChI is InChI=1S/C15H32N2/c1-2-3-4-5-6-7-8-9-12-17-15-10-13-16-14-11-15/h15-17H,2-14H2,1H3. The molecule has 102 valence electrons. The van der Waals surface area contributed by atoms with Crippen LogP contribution in [-0.2, 0) is 0 Å². The van der Waals surface area contributed by atoms with Crippen LogP contribution in [0, 0.1) is 0 Å². The molecule has 1 heterocycles. The van der Waals surface area contributed by atoms with Gasteiger partial charge in [0.15, 0.2) is 0 Å². The van der Waals surface area contributed by atoms with Crippen molar-refractivity contribution < 1.29 is 0 Å². The lowest BCUT2D eigenvalue weighted by molar-refractivity contribution is 0.383. The van der Waals surface area contributed by atoms with Crippen molar-refractivity contribution in [1.29, 1.82) is 0 Å². The lowest BCUT2D eigenvalue weighted by Crippen LogP contribution is -2.40. The largest absolute Gasteiger partial charge is 0.317 e. The molecular formula is C15H32N2. The molecule has 1 rings (SSSR count). The van der Waals surface area contributed by atoms with E-state index >= 15 is 0 Å². The summed E-state index contributed by atoms with van der Waals surface area (Å²) in [7, 11) is 0. The van der Waals surface area contributed by atoms with E-state index in [1.807, 2.05) is 0 Å². The van der Waals surface area contributed by atoms with Crippen LogP contribution >= 0.6 is 0 Å². The lowest BCUT2D eigenvalue weighted by Gasteiger charge is -2.23. The van der Waals surface area contributed by atoms with E-state index in [0.29, 0.717) is 0 Å². The normalized spacial score (nSPS) is 17.5. The fourth-order valence-corrected chi connectivity index (χ4v) is 2.59. The van der Waals surface area contributed by atoms with Gasteiger partial charge in [0.05, 0.1) is 0 Å². The monoisotopic (exact) mass is 240 g/mol. The molecule has 1 aliphatic heterocycles. The van der Waals surface area contributed by atoms with Gasteiger partial charge in [0.1, 0.15) is 0 Å². The molecule has 1 aliphatic rings. The molecule has 0 aromatic rings. The van der Waals surface area contributed by atoms with Crippen molar-refractivity contribution in [3.63, 3.8) is 0 Å². The molecule has 0 saturated carbocycles. The molecule has 0 amide bonds. The molecule has 0 spiro atoms. The van der Waals surface area contributed by atoms with E-state index in [0.717, 1.165) is 6.04 Å². The zero-order valence-electron chi connectivity index (χ0n) is 11.8. The highest BCUT2D eigenvalue weighted by Crippen LogP contribution is 2.08. The summed E-state index contributed by atoms with van der Waals surface area (Å²) in [5.74, 6) is 0. The van der Waals surface area contributed by atoms with E-state index in [1.54, 1.807) is 0 Å². The molecule has 17 heavy (non-hydrogen) atoms. The number of hydrogen-bond donors (Lipinski definition) is 2. The zero-order chi connectivity index (χ0) is 12.2. The molecule has 0 aromatic carbocycles. The predicted molar refractivity (Wildman–Crippen MR) is 76.5 cm³/mol. The van der Waals surface area contributed by atoms with Gasteiger partial charge < -0.3 is 10.6 Å². The third-order valence-corrected chi connectivity index (χ3v) is 3.80. The van der Waals surface area contributed by atoms with Crippen molar-refractivity contribution in [1.82, 2.24) is 10.6 Å². The second-order valence-electron chi connectivity index (χ2n) is 5.45. The Labute approximate surface area is 108 Å². The van der Waals surface area contributed by atoms with Gasteiger partial charge in [-0.2, -0.15) is 0 Å². The molecule has 1 saturated heterocycles. The van der Waals surface area contributed by atoms with E-state index in [4.69, 9.17) is 0 Å². The highest BCUT2D eigenvalue weighted by Gasteiger charge is 2.10. The first-order chi connectivity index (χ1) is 8.43. The van der Waals surface area contributed by atoms with Gasteiger partial charge in [-0.3, -0.25) is 0 Å². The summed E-state index contributed by atoms with van der Waals surface area (Å²) in [6, 6.07) is 0.792. The van der Waals surface area contributed by atoms with Gasteiger partial charge in [0, 0.05) is 6.04 Å². The van der Waals surface area contributed by atoms with E-state index < -0.39 is 0 Å². The Balaban J connectivity index is 1.75. The first-order valence-electron chi connectivity index (χ1n) is 7.87. The lowest BCUT2D eigenvalue weighted by atomic mass is 10.1. The maximum atomic E-state index is 3.69. The summed E-state index contributed by atoms with van der Waals surface area (Å²) in [5.41, 5.74) is 0. The van der Waals surface area contributed by atoms with Gasteiger partial charge in [-0.1, -0.05) is 51.9 Å². The second-order valence-corrected chi connectivity index (χ2v) is 5.45. The van der Waals surface area contributed by atoms with Crippen molar-refractivity contribution in [3.8, 4) is 0 Å². The SMILES string of the molecule is CCCCCCCCCCNC1CCNCC1. The summed E-state index contributed by atoms with van der Waals surface area (Å²) in [5, 5.41) is 7.10. The molecule has 2 N–H and O–H groups in total. The van der Waals surface area contributed by atoms with Gasteiger partial charge in [-0.25, -0.2) is 0 Å². The molecule has 2 nitrogen and oxygen atoms in total. The quantitative estimate of drug-likeness (QED) is 0.571. The molecule has 0 radical (unpaired) electrons. The maximum Gasteiger partial charge on any atom is 0.00912 e. The van der Waals surface area contributed by atoms with Crippen LogP contribution in [0.5, 0.6) is 0 Å². The van der Waals surface area contributed by atoms with Crippen LogP contribution in [0.3, 0.4) is 0 Å². The number of rotatable bonds is 10. The minimum absolute atomic E-state index is 0.792. The van der Waals surface area contributed by atoms with E-state index in [2.05, 4.69) is 17.6 Å². The number of piperidine rings is 1. The summed E-state index contributed by atoms with van der Waals surface area (Å²) < 4.78 is 0. The maximum absolute atomic E-state index is 3.69. The number of nitrogens with one attached hydrogen (secondary N) is 2. The fraction of sp³-hybridized carbons (Fsp3) is 1.00. The molecule has 0 bridgehead atoms. The van der Waals surface area contributed by atoms with Gasteiger partial charge in [0.25, 0.3) is 0 Å². The third-order valence-electron chi connectivity index (χ3n) is 3.80. The topological polar surface area (TPSA) is 24.1 Å².